The Bertz CT molecular complexity index is 648. The Labute approximate surface area is 137 Å². The van der Waals surface area contributed by atoms with Gasteiger partial charge in [-0.05, 0) is 19.4 Å². The molecule has 0 radical (unpaired) electrons. The summed E-state index contributed by atoms with van der Waals surface area (Å²) in [6.45, 7) is -0.363. The fraction of sp³-hybridized carbons (Fsp3) is 0.500. The lowest BCUT2D eigenvalue weighted by Gasteiger charge is -2.22. The van der Waals surface area contributed by atoms with Crippen LogP contribution in [0.15, 0.2) is 18.5 Å². The van der Waals surface area contributed by atoms with Crippen LogP contribution in [0.25, 0.3) is 0 Å². The summed E-state index contributed by atoms with van der Waals surface area (Å²) < 4.78 is 34.1. The summed E-state index contributed by atoms with van der Waals surface area (Å²) in [5.41, 5.74) is 0. The molecule has 3 rings (SSSR count). The summed E-state index contributed by atoms with van der Waals surface area (Å²) in [7, 11) is 0. The Hall–Kier alpha value is -2.49. The minimum absolute atomic E-state index is 0.210. The standard InChI is InChI=1S/C14H18F2N6O2/c15-14(16)24-12-4-10(21-22-12)19-11-6-18-7-13(20-11)23-8-9-2-1-3-17-5-9/h4,6-7,9,14,17H,1-3,5,8H2,(H2,19,20,21,22)/t9-/m0/s1. The molecule has 3 heterocycles. The second-order valence-electron chi connectivity index (χ2n) is 5.39. The Kier molecular flexibility index (Phi) is 5.36. The number of alkyl halides is 2. The number of hydrogen-bond acceptors (Lipinski definition) is 7. The van der Waals surface area contributed by atoms with Gasteiger partial charge in [0.15, 0.2) is 5.82 Å². The van der Waals surface area contributed by atoms with Gasteiger partial charge in [-0.25, -0.2) is 0 Å². The van der Waals surface area contributed by atoms with Crippen molar-refractivity contribution in [2.75, 3.05) is 25.0 Å². The number of aromatic nitrogens is 4. The van der Waals surface area contributed by atoms with Crippen molar-refractivity contribution in [2.24, 2.45) is 5.92 Å². The zero-order valence-electron chi connectivity index (χ0n) is 12.8. The number of aromatic amines is 1. The van der Waals surface area contributed by atoms with Gasteiger partial charge in [0.05, 0.1) is 19.0 Å². The number of halogens is 2. The molecule has 2 aromatic heterocycles. The zero-order valence-corrected chi connectivity index (χ0v) is 12.8. The van der Waals surface area contributed by atoms with E-state index in [0.29, 0.717) is 30.0 Å². The summed E-state index contributed by atoms with van der Waals surface area (Å²) >= 11 is 0. The summed E-state index contributed by atoms with van der Waals surface area (Å²) in [5, 5.41) is 12.3. The van der Waals surface area contributed by atoms with E-state index in [9.17, 15) is 8.78 Å². The number of H-pyrrole nitrogens is 1. The number of hydrogen-bond donors (Lipinski definition) is 3. The highest BCUT2D eigenvalue weighted by Gasteiger charge is 2.14. The number of piperidine rings is 1. The van der Waals surface area contributed by atoms with Crippen LogP contribution in [0.2, 0.25) is 0 Å². The molecule has 3 N–H and O–H groups in total. The summed E-state index contributed by atoms with van der Waals surface area (Å²) in [6.07, 6.45) is 5.28. The number of rotatable bonds is 7. The van der Waals surface area contributed by atoms with Crippen LogP contribution >= 0.6 is 0 Å². The maximum Gasteiger partial charge on any atom is 0.388 e. The predicted octanol–water partition coefficient (Wildman–Crippen LogP) is 1.92. The van der Waals surface area contributed by atoms with E-state index in [0.717, 1.165) is 25.9 Å². The highest BCUT2D eigenvalue weighted by atomic mass is 19.3. The average Bonchev–Trinajstić information content (AvgIpc) is 3.00. The molecule has 130 valence electrons. The molecular formula is C14H18F2N6O2. The van der Waals surface area contributed by atoms with Crippen molar-refractivity contribution in [3.63, 3.8) is 0 Å². The van der Waals surface area contributed by atoms with E-state index in [1.807, 2.05) is 0 Å². The maximum absolute atomic E-state index is 12.1. The molecule has 1 atom stereocenters. The molecule has 0 amide bonds. The normalized spacial score (nSPS) is 17.7. The van der Waals surface area contributed by atoms with Crippen LogP contribution in [0.5, 0.6) is 11.8 Å². The maximum atomic E-state index is 12.1. The highest BCUT2D eigenvalue weighted by Crippen LogP contribution is 2.19. The third-order valence-corrected chi connectivity index (χ3v) is 3.51. The third-order valence-electron chi connectivity index (χ3n) is 3.51. The van der Waals surface area contributed by atoms with Crippen LogP contribution in [0, 0.1) is 5.92 Å². The van der Waals surface area contributed by atoms with Crippen molar-refractivity contribution in [1.82, 2.24) is 25.5 Å². The van der Waals surface area contributed by atoms with Gasteiger partial charge in [0.1, 0.15) is 5.82 Å². The molecule has 0 aromatic carbocycles. The smallest absolute Gasteiger partial charge is 0.388 e. The zero-order chi connectivity index (χ0) is 16.8. The Morgan fingerprint density at radius 2 is 2.25 bits per heavy atom. The van der Waals surface area contributed by atoms with Crippen molar-refractivity contribution in [2.45, 2.75) is 19.5 Å². The minimum atomic E-state index is -2.92. The van der Waals surface area contributed by atoms with Crippen molar-refractivity contribution >= 4 is 11.6 Å². The number of ether oxygens (including phenoxy) is 2. The molecule has 2 aromatic rings. The second kappa shape index (κ2) is 7.86. The minimum Gasteiger partial charge on any atom is -0.476 e. The molecule has 10 heteroatoms. The fourth-order valence-electron chi connectivity index (χ4n) is 2.40. The fourth-order valence-corrected chi connectivity index (χ4v) is 2.40. The monoisotopic (exact) mass is 340 g/mol. The molecule has 0 bridgehead atoms. The highest BCUT2D eigenvalue weighted by molar-refractivity contribution is 5.51. The molecule has 1 fully saturated rings. The van der Waals surface area contributed by atoms with Crippen molar-refractivity contribution in [3.05, 3.63) is 18.5 Å². The van der Waals surface area contributed by atoms with Gasteiger partial charge in [0, 0.05) is 18.5 Å². The molecule has 0 aliphatic carbocycles. The molecule has 0 unspecified atom stereocenters. The van der Waals surface area contributed by atoms with Gasteiger partial charge in [0.25, 0.3) is 0 Å². The lowest BCUT2D eigenvalue weighted by molar-refractivity contribution is -0.0528. The van der Waals surface area contributed by atoms with Crippen LogP contribution in [-0.4, -0.2) is 46.5 Å². The summed E-state index contributed by atoms with van der Waals surface area (Å²) in [6, 6.07) is 1.30. The molecule has 0 saturated carbocycles. The molecule has 1 saturated heterocycles. The van der Waals surface area contributed by atoms with Crippen LogP contribution in [-0.2, 0) is 0 Å². The van der Waals surface area contributed by atoms with Gasteiger partial charge < -0.3 is 20.1 Å². The van der Waals surface area contributed by atoms with Crippen LogP contribution in [0.4, 0.5) is 20.4 Å². The molecule has 0 spiro atoms. The second-order valence-corrected chi connectivity index (χ2v) is 5.39. The SMILES string of the molecule is FC(F)Oc1cc(Nc2cncc(OC[C@H]3CCCNC3)n2)[nH]n1. The van der Waals surface area contributed by atoms with E-state index in [-0.39, 0.29) is 5.88 Å². The van der Waals surface area contributed by atoms with Crippen molar-refractivity contribution in [3.8, 4) is 11.8 Å². The first-order valence-corrected chi connectivity index (χ1v) is 7.62. The topological polar surface area (TPSA) is 97.0 Å². The molecule has 1 aliphatic rings. The summed E-state index contributed by atoms with van der Waals surface area (Å²) in [4.78, 5) is 8.32. The largest absolute Gasteiger partial charge is 0.476 e. The molecule has 8 nitrogen and oxygen atoms in total. The van der Waals surface area contributed by atoms with Gasteiger partial charge in [-0.1, -0.05) is 0 Å². The number of nitrogens with one attached hydrogen (secondary N) is 3. The van der Waals surface area contributed by atoms with Gasteiger partial charge in [-0.2, -0.15) is 13.8 Å². The van der Waals surface area contributed by atoms with E-state index in [1.54, 1.807) is 0 Å². The first kappa shape index (κ1) is 16.4. The van der Waals surface area contributed by atoms with Gasteiger partial charge in [-0.3, -0.25) is 10.1 Å². The summed E-state index contributed by atoms with van der Waals surface area (Å²) in [5.74, 6) is 1.40. The first-order valence-electron chi connectivity index (χ1n) is 7.62. The van der Waals surface area contributed by atoms with Crippen molar-refractivity contribution < 1.29 is 18.3 Å². The van der Waals surface area contributed by atoms with E-state index >= 15 is 0 Å². The van der Waals surface area contributed by atoms with Crippen LogP contribution in [0.1, 0.15) is 12.8 Å². The van der Waals surface area contributed by atoms with E-state index in [2.05, 4.69) is 35.5 Å². The van der Waals surface area contributed by atoms with E-state index in [1.165, 1.54) is 18.5 Å². The Morgan fingerprint density at radius 1 is 1.33 bits per heavy atom. The quantitative estimate of drug-likeness (QED) is 0.708. The van der Waals surface area contributed by atoms with Crippen molar-refractivity contribution in [1.29, 1.82) is 0 Å². The molecular weight excluding hydrogens is 322 g/mol. The Morgan fingerprint density at radius 3 is 3.04 bits per heavy atom. The van der Waals surface area contributed by atoms with Gasteiger partial charge in [0.2, 0.25) is 11.8 Å². The van der Waals surface area contributed by atoms with Crippen LogP contribution < -0.4 is 20.1 Å². The number of anilines is 2. The van der Waals surface area contributed by atoms with Gasteiger partial charge in [-0.15, -0.1) is 5.10 Å². The Balaban J connectivity index is 1.55. The molecule has 24 heavy (non-hydrogen) atoms. The number of nitrogens with zero attached hydrogens (tertiary/aromatic N) is 3. The first-order chi connectivity index (χ1) is 11.7. The van der Waals surface area contributed by atoms with Gasteiger partial charge >= 0.3 is 6.61 Å². The lowest BCUT2D eigenvalue weighted by Crippen LogP contribution is -2.33. The van der Waals surface area contributed by atoms with E-state index < -0.39 is 6.61 Å². The molecule has 1 aliphatic heterocycles. The average molecular weight is 340 g/mol. The van der Waals surface area contributed by atoms with Crippen LogP contribution in [0.3, 0.4) is 0 Å². The lowest BCUT2D eigenvalue weighted by atomic mass is 10.0. The predicted molar refractivity (Wildman–Crippen MR) is 81.6 cm³/mol. The third kappa shape index (κ3) is 4.75. The van der Waals surface area contributed by atoms with E-state index in [4.69, 9.17) is 4.74 Å².